The lowest BCUT2D eigenvalue weighted by Gasteiger charge is -2.08. The Morgan fingerprint density at radius 1 is 1.11 bits per heavy atom. The molecular weight excluding hydrogens is 276 g/mol. The molecule has 2 aromatic carbocycles. The molecule has 0 aliphatic heterocycles. The lowest BCUT2D eigenvalue weighted by atomic mass is 10.2. The molecule has 0 saturated carbocycles. The SMILES string of the molecule is Oc1ccc(NCc2cc(Cl)ccc2F)cc1Cl. The number of phenolic OH excluding ortho intramolecular Hbond substituents is 1. The second-order valence-corrected chi connectivity index (χ2v) is 4.60. The third-order valence-corrected chi connectivity index (χ3v) is 2.98. The van der Waals surface area contributed by atoms with Crippen LogP contribution in [-0.2, 0) is 6.54 Å². The van der Waals surface area contributed by atoms with E-state index >= 15 is 0 Å². The topological polar surface area (TPSA) is 32.3 Å². The van der Waals surface area contributed by atoms with Crippen LogP contribution in [0.2, 0.25) is 10.0 Å². The molecular formula is C13H10Cl2FNO. The molecule has 0 aliphatic carbocycles. The molecule has 0 fully saturated rings. The van der Waals surface area contributed by atoms with E-state index in [1.165, 1.54) is 18.2 Å². The highest BCUT2D eigenvalue weighted by atomic mass is 35.5. The van der Waals surface area contributed by atoms with Crippen LogP contribution in [0.25, 0.3) is 0 Å². The lowest BCUT2D eigenvalue weighted by Crippen LogP contribution is -2.01. The summed E-state index contributed by atoms with van der Waals surface area (Å²) in [4.78, 5) is 0. The van der Waals surface area contributed by atoms with E-state index in [2.05, 4.69) is 5.32 Å². The largest absolute Gasteiger partial charge is 0.506 e. The monoisotopic (exact) mass is 285 g/mol. The van der Waals surface area contributed by atoms with Gasteiger partial charge in [-0.05, 0) is 36.4 Å². The Bertz CT molecular complexity index is 575. The Morgan fingerprint density at radius 2 is 1.89 bits per heavy atom. The summed E-state index contributed by atoms with van der Waals surface area (Å²) in [5.41, 5.74) is 1.16. The normalized spacial score (nSPS) is 10.4. The summed E-state index contributed by atoms with van der Waals surface area (Å²) < 4.78 is 13.5. The van der Waals surface area contributed by atoms with Gasteiger partial charge >= 0.3 is 0 Å². The van der Waals surface area contributed by atoms with Gasteiger partial charge in [0.25, 0.3) is 0 Å². The van der Waals surface area contributed by atoms with Crippen molar-refractivity contribution in [2.75, 3.05) is 5.32 Å². The van der Waals surface area contributed by atoms with E-state index in [-0.39, 0.29) is 23.1 Å². The minimum Gasteiger partial charge on any atom is -0.506 e. The Morgan fingerprint density at radius 3 is 2.61 bits per heavy atom. The number of phenols is 1. The maximum Gasteiger partial charge on any atom is 0.134 e. The van der Waals surface area contributed by atoms with Gasteiger partial charge in [-0.3, -0.25) is 0 Å². The summed E-state index contributed by atoms with van der Waals surface area (Å²) in [6, 6.07) is 9.08. The van der Waals surface area contributed by atoms with E-state index < -0.39 is 0 Å². The van der Waals surface area contributed by atoms with Crippen LogP contribution in [0.1, 0.15) is 5.56 Å². The van der Waals surface area contributed by atoms with Crippen molar-refractivity contribution in [2.24, 2.45) is 0 Å². The zero-order valence-electron chi connectivity index (χ0n) is 9.25. The van der Waals surface area contributed by atoms with Gasteiger partial charge < -0.3 is 10.4 Å². The van der Waals surface area contributed by atoms with Gasteiger partial charge in [-0.1, -0.05) is 23.2 Å². The van der Waals surface area contributed by atoms with E-state index in [9.17, 15) is 9.50 Å². The van der Waals surface area contributed by atoms with Gasteiger partial charge in [-0.15, -0.1) is 0 Å². The van der Waals surface area contributed by atoms with Crippen LogP contribution in [0, 0.1) is 5.82 Å². The Labute approximate surface area is 114 Å². The highest BCUT2D eigenvalue weighted by Crippen LogP contribution is 2.26. The zero-order valence-corrected chi connectivity index (χ0v) is 10.8. The van der Waals surface area contributed by atoms with E-state index in [0.29, 0.717) is 16.3 Å². The molecule has 2 nitrogen and oxygen atoms in total. The quantitative estimate of drug-likeness (QED) is 0.817. The molecule has 94 valence electrons. The minimum absolute atomic E-state index is 0.0103. The average molecular weight is 286 g/mol. The number of halogens is 3. The number of hydrogen-bond acceptors (Lipinski definition) is 2. The zero-order chi connectivity index (χ0) is 13.1. The molecule has 0 aromatic heterocycles. The number of anilines is 1. The van der Waals surface area contributed by atoms with Crippen molar-refractivity contribution in [3.63, 3.8) is 0 Å². The number of benzene rings is 2. The fraction of sp³-hybridized carbons (Fsp3) is 0.0769. The fourth-order valence-corrected chi connectivity index (χ4v) is 1.87. The highest BCUT2D eigenvalue weighted by molar-refractivity contribution is 6.32. The van der Waals surface area contributed by atoms with E-state index in [1.807, 2.05) is 0 Å². The summed E-state index contributed by atoms with van der Waals surface area (Å²) >= 11 is 11.6. The molecule has 0 unspecified atom stereocenters. The highest BCUT2D eigenvalue weighted by Gasteiger charge is 2.04. The molecule has 0 heterocycles. The second kappa shape index (κ2) is 5.46. The van der Waals surface area contributed by atoms with Crippen LogP contribution in [0.4, 0.5) is 10.1 Å². The van der Waals surface area contributed by atoms with Gasteiger partial charge in [0.05, 0.1) is 5.02 Å². The van der Waals surface area contributed by atoms with E-state index in [0.717, 1.165) is 0 Å². The van der Waals surface area contributed by atoms with Crippen molar-refractivity contribution in [3.05, 3.63) is 57.8 Å². The fourth-order valence-electron chi connectivity index (χ4n) is 1.49. The number of rotatable bonds is 3. The molecule has 5 heteroatoms. The van der Waals surface area contributed by atoms with Crippen molar-refractivity contribution in [1.29, 1.82) is 0 Å². The molecule has 0 spiro atoms. The van der Waals surface area contributed by atoms with Gasteiger partial charge in [-0.2, -0.15) is 0 Å². The molecule has 2 aromatic rings. The van der Waals surface area contributed by atoms with Crippen LogP contribution in [0.5, 0.6) is 5.75 Å². The first-order chi connectivity index (χ1) is 8.56. The summed E-state index contributed by atoms with van der Waals surface area (Å²) in [7, 11) is 0. The average Bonchev–Trinajstić information content (AvgIpc) is 2.34. The molecule has 0 saturated heterocycles. The van der Waals surface area contributed by atoms with E-state index in [1.54, 1.807) is 18.2 Å². The van der Waals surface area contributed by atoms with E-state index in [4.69, 9.17) is 23.2 Å². The number of hydrogen-bond donors (Lipinski definition) is 2. The molecule has 2 rings (SSSR count). The van der Waals surface area contributed by atoms with Gasteiger partial charge in [0.15, 0.2) is 0 Å². The number of nitrogens with one attached hydrogen (secondary N) is 1. The van der Waals surface area contributed by atoms with Crippen molar-refractivity contribution in [1.82, 2.24) is 0 Å². The first-order valence-electron chi connectivity index (χ1n) is 5.22. The van der Waals surface area contributed by atoms with Gasteiger partial charge in [0.2, 0.25) is 0 Å². The smallest absolute Gasteiger partial charge is 0.134 e. The summed E-state index contributed by atoms with van der Waals surface area (Å²) in [5, 5.41) is 13.0. The predicted molar refractivity (Wildman–Crippen MR) is 71.9 cm³/mol. The second-order valence-electron chi connectivity index (χ2n) is 3.76. The summed E-state index contributed by atoms with van der Waals surface area (Å²) in [6.45, 7) is 0.285. The molecule has 0 atom stereocenters. The maximum atomic E-state index is 13.5. The van der Waals surface area contributed by atoms with Crippen molar-refractivity contribution in [2.45, 2.75) is 6.54 Å². The van der Waals surface area contributed by atoms with Gasteiger partial charge in [0, 0.05) is 22.8 Å². The molecule has 0 radical (unpaired) electrons. The van der Waals surface area contributed by atoms with Crippen molar-refractivity contribution < 1.29 is 9.50 Å². The Kier molecular flexibility index (Phi) is 3.94. The Hall–Kier alpha value is -1.45. The first-order valence-corrected chi connectivity index (χ1v) is 5.98. The lowest BCUT2D eigenvalue weighted by molar-refractivity contribution is 0.475. The molecule has 2 N–H and O–H groups in total. The van der Waals surface area contributed by atoms with Crippen molar-refractivity contribution >= 4 is 28.9 Å². The third-order valence-electron chi connectivity index (χ3n) is 2.44. The Balaban J connectivity index is 2.11. The van der Waals surface area contributed by atoms with Gasteiger partial charge in [0.1, 0.15) is 11.6 Å². The van der Waals surface area contributed by atoms with Crippen LogP contribution in [-0.4, -0.2) is 5.11 Å². The van der Waals surface area contributed by atoms with Crippen molar-refractivity contribution in [3.8, 4) is 5.75 Å². The predicted octanol–water partition coefficient (Wildman–Crippen LogP) is 4.45. The van der Waals surface area contributed by atoms with Crippen LogP contribution < -0.4 is 5.32 Å². The standard InChI is InChI=1S/C13H10Cl2FNO/c14-9-1-3-12(16)8(5-9)7-17-10-2-4-13(18)11(15)6-10/h1-6,17-18H,7H2. The van der Waals surface area contributed by atoms with Crippen LogP contribution >= 0.6 is 23.2 Å². The summed E-state index contributed by atoms with van der Waals surface area (Å²) in [5.74, 6) is -0.312. The van der Waals surface area contributed by atoms with Crippen LogP contribution in [0.15, 0.2) is 36.4 Å². The molecule has 0 bridgehead atoms. The minimum atomic E-state index is -0.322. The molecule has 0 amide bonds. The van der Waals surface area contributed by atoms with Crippen LogP contribution in [0.3, 0.4) is 0 Å². The number of aromatic hydroxyl groups is 1. The molecule has 18 heavy (non-hydrogen) atoms. The summed E-state index contributed by atoms with van der Waals surface area (Å²) in [6.07, 6.45) is 0. The van der Waals surface area contributed by atoms with Gasteiger partial charge in [-0.25, -0.2) is 4.39 Å². The third kappa shape index (κ3) is 3.06. The first kappa shape index (κ1) is 13.0. The maximum absolute atomic E-state index is 13.5. The molecule has 0 aliphatic rings.